The lowest BCUT2D eigenvalue weighted by Crippen LogP contribution is -2.10. The Morgan fingerprint density at radius 3 is 2.47 bits per heavy atom. The highest BCUT2D eigenvalue weighted by molar-refractivity contribution is 7.85. The molecule has 0 aliphatic carbocycles. The Morgan fingerprint density at radius 1 is 1.37 bits per heavy atom. The molecule has 0 amide bonds. The molecule has 0 aromatic carbocycles. The Morgan fingerprint density at radius 2 is 2.00 bits per heavy atom. The van der Waals surface area contributed by atoms with E-state index < -0.39 is 21.9 Å². The predicted octanol–water partition coefficient (Wildman–Crippen LogP) is 1.63. The average molecular weight is 299 g/mol. The number of nitrogens with zero attached hydrogens (tertiary/aromatic N) is 1. The summed E-state index contributed by atoms with van der Waals surface area (Å²) in [6.07, 6.45) is -3.08. The number of alkyl halides is 3. The lowest BCUT2D eigenvalue weighted by Gasteiger charge is -2.11. The first-order chi connectivity index (χ1) is 8.63. The molecule has 0 unspecified atom stereocenters. The second kappa shape index (κ2) is 5.74. The van der Waals surface area contributed by atoms with Crippen molar-refractivity contribution in [3.05, 3.63) is 23.4 Å². The van der Waals surface area contributed by atoms with Gasteiger partial charge in [-0.25, -0.2) is 4.98 Å². The van der Waals surface area contributed by atoms with E-state index in [4.69, 9.17) is 4.74 Å². The fourth-order valence-corrected chi connectivity index (χ4v) is 1.70. The van der Waals surface area contributed by atoms with Crippen LogP contribution in [0.25, 0.3) is 0 Å². The third-order valence-corrected chi connectivity index (χ3v) is 2.71. The number of aromatic nitrogens is 1. The van der Waals surface area contributed by atoms with Crippen molar-refractivity contribution >= 4 is 10.1 Å². The van der Waals surface area contributed by atoms with Crippen LogP contribution < -0.4 is 4.74 Å². The molecule has 0 saturated heterocycles. The Kier molecular flexibility index (Phi) is 4.75. The van der Waals surface area contributed by atoms with E-state index in [0.29, 0.717) is 6.20 Å². The van der Waals surface area contributed by atoms with Crippen LogP contribution in [-0.4, -0.2) is 33.4 Å². The minimum atomic E-state index is -4.52. The molecule has 9 heteroatoms. The van der Waals surface area contributed by atoms with Gasteiger partial charge in [-0.05, 0) is 6.07 Å². The zero-order valence-electron chi connectivity index (χ0n) is 10.2. The summed E-state index contributed by atoms with van der Waals surface area (Å²) in [5, 5.41) is 0. The molecule has 0 saturated carbocycles. The van der Waals surface area contributed by atoms with Crippen LogP contribution in [0.3, 0.4) is 0 Å². The summed E-state index contributed by atoms with van der Waals surface area (Å²) in [7, 11) is -2.38. The molecule has 0 spiro atoms. The summed E-state index contributed by atoms with van der Waals surface area (Å²) >= 11 is 0. The van der Waals surface area contributed by atoms with Crippen LogP contribution in [0.4, 0.5) is 13.2 Å². The maximum Gasteiger partial charge on any atom is 0.417 e. The van der Waals surface area contributed by atoms with Crippen molar-refractivity contribution in [2.75, 3.05) is 20.0 Å². The molecule has 108 valence electrons. The van der Waals surface area contributed by atoms with Crippen LogP contribution in [0.2, 0.25) is 0 Å². The number of halogens is 3. The Labute approximate surface area is 108 Å². The quantitative estimate of drug-likeness (QED) is 0.773. The maximum atomic E-state index is 12.5. The van der Waals surface area contributed by atoms with Crippen LogP contribution in [0, 0.1) is 0 Å². The van der Waals surface area contributed by atoms with E-state index in [2.05, 4.69) is 9.17 Å². The molecule has 0 bridgehead atoms. The van der Waals surface area contributed by atoms with Crippen LogP contribution in [0.1, 0.15) is 11.1 Å². The molecule has 1 rings (SSSR count). The molecule has 19 heavy (non-hydrogen) atoms. The molecule has 1 aromatic rings. The number of pyridine rings is 1. The van der Waals surface area contributed by atoms with E-state index in [-0.39, 0.29) is 24.5 Å². The Balaban J connectivity index is 2.91. The van der Waals surface area contributed by atoms with Crippen molar-refractivity contribution in [1.29, 1.82) is 0 Å². The predicted molar refractivity (Wildman–Crippen MR) is 60.3 cm³/mol. The van der Waals surface area contributed by atoms with Gasteiger partial charge in [0.2, 0.25) is 5.88 Å². The highest BCUT2D eigenvalue weighted by Gasteiger charge is 2.31. The molecule has 5 nitrogen and oxygen atoms in total. The van der Waals surface area contributed by atoms with Gasteiger partial charge in [-0.1, -0.05) is 0 Å². The summed E-state index contributed by atoms with van der Waals surface area (Å²) < 4.78 is 68.3. The molecule has 0 fully saturated rings. The van der Waals surface area contributed by atoms with Gasteiger partial charge >= 0.3 is 6.18 Å². The first-order valence-corrected chi connectivity index (χ1v) is 6.89. The van der Waals surface area contributed by atoms with E-state index >= 15 is 0 Å². The molecule has 1 aromatic heterocycles. The maximum absolute atomic E-state index is 12.5. The summed E-state index contributed by atoms with van der Waals surface area (Å²) in [5.74, 6) is 0.00472. The fraction of sp³-hybridized carbons (Fsp3) is 0.500. The van der Waals surface area contributed by atoms with Gasteiger partial charge in [0, 0.05) is 18.2 Å². The number of methoxy groups -OCH3 is 1. The van der Waals surface area contributed by atoms with Crippen LogP contribution >= 0.6 is 0 Å². The highest BCUT2D eigenvalue weighted by Crippen LogP contribution is 2.31. The Bertz CT molecular complexity index is 542. The van der Waals surface area contributed by atoms with E-state index in [1.165, 1.54) is 7.11 Å². The third-order valence-electron chi connectivity index (χ3n) is 2.11. The van der Waals surface area contributed by atoms with E-state index in [1.807, 2.05) is 0 Å². The SMILES string of the molecule is COc1ncc(C(F)(F)F)cc1CCOS(C)(=O)=O. The van der Waals surface area contributed by atoms with Gasteiger partial charge in [0.1, 0.15) is 0 Å². The fourth-order valence-electron chi connectivity index (χ4n) is 1.32. The van der Waals surface area contributed by atoms with Crippen molar-refractivity contribution < 1.29 is 30.5 Å². The van der Waals surface area contributed by atoms with Crippen molar-refractivity contribution in [2.45, 2.75) is 12.6 Å². The molecule has 0 atom stereocenters. The first-order valence-electron chi connectivity index (χ1n) is 5.08. The third kappa shape index (κ3) is 5.03. The number of hydrogen-bond donors (Lipinski definition) is 0. The van der Waals surface area contributed by atoms with Crippen molar-refractivity contribution in [3.8, 4) is 5.88 Å². The van der Waals surface area contributed by atoms with Gasteiger partial charge in [0.25, 0.3) is 10.1 Å². The molecule has 0 aliphatic rings. The largest absolute Gasteiger partial charge is 0.481 e. The Hall–Kier alpha value is -1.35. The molecule has 1 heterocycles. The standard InChI is InChI=1S/C10H12F3NO4S/c1-17-9-7(3-4-18-19(2,15)16)5-8(6-14-9)10(11,12)13/h5-6H,3-4H2,1-2H3. The van der Waals surface area contributed by atoms with Gasteiger partial charge in [-0.2, -0.15) is 21.6 Å². The number of ether oxygens (including phenoxy) is 1. The highest BCUT2D eigenvalue weighted by atomic mass is 32.2. The molecule has 0 N–H and O–H groups in total. The second-order valence-electron chi connectivity index (χ2n) is 3.67. The lowest BCUT2D eigenvalue weighted by atomic mass is 10.1. The minimum Gasteiger partial charge on any atom is -0.481 e. The van der Waals surface area contributed by atoms with Gasteiger partial charge in [0.15, 0.2) is 0 Å². The number of rotatable bonds is 5. The van der Waals surface area contributed by atoms with Gasteiger partial charge in [-0.15, -0.1) is 0 Å². The van der Waals surface area contributed by atoms with Crippen LogP contribution in [-0.2, 0) is 26.9 Å². The minimum absolute atomic E-state index is 0.00472. The molecule has 0 aliphatic heterocycles. The normalized spacial score (nSPS) is 12.5. The zero-order chi connectivity index (χ0) is 14.7. The summed E-state index contributed by atoms with van der Waals surface area (Å²) in [4.78, 5) is 3.53. The zero-order valence-corrected chi connectivity index (χ0v) is 11.0. The molecule has 0 radical (unpaired) electrons. The summed E-state index contributed by atoms with van der Waals surface area (Å²) in [6.45, 7) is -0.280. The summed E-state index contributed by atoms with van der Waals surface area (Å²) in [5.41, 5.74) is -0.802. The van der Waals surface area contributed by atoms with Crippen molar-refractivity contribution in [2.24, 2.45) is 0 Å². The second-order valence-corrected chi connectivity index (χ2v) is 5.31. The van der Waals surface area contributed by atoms with E-state index in [0.717, 1.165) is 12.3 Å². The monoisotopic (exact) mass is 299 g/mol. The number of hydrogen-bond acceptors (Lipinski definition) is 5. The van der Waals surface area contributed by atoms with Gasteiger partial charge in [-0.3, -0.25) is 4.18 Å². The van der Waals surface area contributed by atoms with Gasteiger partial charge in [0.05, 0.1) is 25.5 Å². The molecular formula is C10H12F3NO4S. The van der Waals surface area contributed by atoms with E-state index in [9.17, 15) is 21.6 Å². The topological polar surface area (TPSA) is 65.5 Å². The molecular weight excluding hydrogens is 287 g/mol. The smallest absolute Gasteiger partial charge is 0.417 e. The first kappa shape index (κ1) is 15.7. The summed E-state index contributed by atoms with van der Waals surface area (Å²) in [6, 6.07) is 0.859. The van der Waals surface area contributed by atoms with E-state index in [1.54, 1.807) is 0 Å². The lowest BCUT2D eigenvalue weighted by molar-refractivity contribution is -0.137. The average Bonchev–Trinajstić information content (AvgIpc) is 2.26. The van der Waals surface area contributed by atoms with Crippen molar-refractivity contribution in [1.82, 2.24) is 4.98 Å². The van der Waals surface area contributed by atoms with Crippen LogP contribution in [0.15, 0.2) is 12.3 Å². The van der Waals surface area contributed by atoms with Crippen LogP contribution in [0.5, 0.6) is 5.88 Å². The van der Waals surface area contributed by atoms with Crippen molar-refractivity contribution in [3.63, 3.8) is 0 Å². The van der Waals surface area contributed by atoms with Gasteiger partial charge < -0.3 is 4.74 Å².